The van der Waals surface area contributed by atoms with Gasteiger partial charge in [0.2, 0.25) is 0 Å². The first kappa shape index (κ1) is 18.7. The quantitative estimate of drug-likeness (QED) is 0.482. The molecule has 0 radical (unpaired) electrons. The average molecular weight is 385 g/mol. The van der Waals surface area contributed by atoms with Gasteiger partial charge in [0.15, 0.2) is 6.61 Å². The first-order chi connectivity index (χ1) is 11.9. The van der Waals surface area contributed by atoms with Gasteiger partial charge in [-0.05, 0) is 24.3 Å². The van der Waals surface area contributed by atoms with Crippen molar-refractivity contribution in [3.05, 3.63) is 69.5 Å². The summed E-state index contributed by atoms with van der Waals surface area (Å²) in [6.45, 7) is -0.700. The molecule has 0 saturated carbocycles. The third-order valence-corrected chi connectivity index (χ3v) is 3.52. The first-order valence-corrected chi connectivity index (χ1v) is 7.60. The van der Waals surface area contributed by atoms with E-state index >= 15 is 0 Å². The van der Waals surface area contributed by atoms with Crippen molar-refractivity contribution in [2.24, 2.45) is 0 Å². The third kappa shape index (κ3) is 5.17. The molecule has 2 N–H and O–H groups in total. The third-order valence-electron chi connectivity index (χ3n) is 2.92. The Hall–Kier alpha value is -2.64. The summed E-state index contributed by atoms with van der Waals surface area (Å²) >= 11 is 11.3. The molecule has 0 aliphatic carbocycles. The molecule has 9 heteroatoms. The zero-order valence-corrected chi connectivity index (χ0v) is 14.0. The first-order valence-electron chi connectivity index (χ1n) is 6.84. The highest BCUT2D eigenvalue weighted by Gasteiger charge is 2.17. The lowest BCUT2D eigenvalue weighted by Crippen LogP contribution is -2.43. The van der Waals surface area contributed by atoms with Gasteiger partial charge in [-0.25, -0.2) is 9.18 Å². The Balaban J connectivity index is 1.85. The van der Waals surface area contributed by atoms with Gasteiger partial charge in [-0.2, -0.15) is 0 Å². The number of hydrazine groups is 1. The summed E-state index contributed by atoms with van der Waals surface area (Å²) in [6, 6.07) is 10.0. The van der Waals surface area contributed by atoms with Gasteiger partial charge in [0.05, 0.1) is 15.6 Å². The molecule has 0 heterocycles. The molecule has 2 amide bonds. The minimum absolute atomic E-state index is 0.116. The van der Waals surface area contributed by atoms with Crippen LogP contribution in [0.2, 0.25) is 10.0 Å². The Labute approximate surface area is 151 Å². The predicted octanol–water partition coefficient (Wildman–Crippen LogP) is 2.75. The summed E-state index contributed by atoms with van der Waals surface area (Å²) in [4.78, 5) is 35.1. The Morgan fingerprint density at radius 2 is 1.68 bits per heavy atom. The highest BCUT2D eigenvalue weighted by molar-refractivity contribution is 6.36. The molecule has 0 atom stereocenters. The fraction of sp³-hybridized carbons (Fsp3) is 0.0625. The molecule has 25 heavy (non-hydrogen) atoms. The number of hydrogen-bond donors (Lipinski definition) is 2. The van der Waals surface area contributed by atoms with Gasteiger partial charge < -0.3 is 4.74 Å². The molecule has 6 nitrogen and oxygen atoms in total. The normalized spacial score (nSPS) is 10.0. The molecular weight excluding hydrogens is 374 g/mol. The van der Waals surface area contributed by atoms with Crippen molar-refractivity contribution in [1.82, 2.24) is 10.9 Å². The SMILES string of the molecule is O=C(COC(=O)c1cc(F)c(Cl)cc1Cl)NNC(=O)c1ccccc1. The van der Waals surface area contributed by atoms with Crippen LogP contribution >= 0.6 is 23.2 Å². The number of carbonyl (C=O) groups is 3. The second-order valence-electron chi connectivity index (χ2n) is 4.69. The molecule has 0 bridgehead atoms. The van der Waals surface area contributed by atoms with E-state index in [9.17, 15) is 18.8 Å². The Morgan fingerprint density at radius 3 is 2.36 bits per heavy atom. The van der Waals surface area contributed by atoms with Crippen molar-refractivity contribution in [3.63, 3.8) is 0 Å². The molecule has 2 rings (SSSR count). The van der Waals surface area contributed by atoms with Gasteiger partial charge in [-0.15, -0.1) is 0 Å². The van der Waals surface area contributed by atoms with Crippen molar-refractivity contribution in [3.8, 4) is 0 Å². The highest BCUT2D eigenvalue weighted by Crippen LogP contribution is 2.24. The van der Waals surface area contributed by atoms with Crippen molar-refractivity contribution in [1.29, 1.82) is 0 Å². The molecule has 0 spiro atoms. The molecule has 0 unspecified atom stereocenters. The Morgan fingerprint density at radius 1 is 1.00 bits per heavy atom. The van der Waals surface area contributed by atoms with E-state index in [-0.39, 0.29) is 15.6 Å². The number of carbonyl (C=O) groups excluding carboxylic acids is 3. The minimum Gasteiger partial charge on any atom is -0.452 e. The van der Waals surface area contributed by atoms with Crippen LogP contribution < -0.4 is 10.9 Å². The molecular formula is C16H11Cl2FN2O4. The van der Waals surface area contributed by atoms with Gasteiger partial charge in [0, 0.05) is 5.56 Å². The van der Waals surface area contributed by atoms with Crippen molar-refractivity contribution in [2.75, 3.05) is 6.61 Å². The molecule has 2 aromatic carbocycles. The molecule has 0 aromatic heterocycles. The van der Waals surface area contributed by atoms with Crippen molar-refractivity contribution >= 4 is 41.0 Å². The number of ether oxygens (including phenoxy) is 1. The van der Waals surface area contributed by atoms with Gasteiger partial charge in [-0.3, -0.25) is 20.4 Å². The van der Waals surface area contributed by atoms with E-state index in [4.69, 9.17) is 27.9 Å². The number of halogens is 3. The lowest BCUT2D eigenvalue weighted by molar-refractivity contribution is -0.125. The molecule has 2 aromatic rings. The maximum Gasteiger partial charge on any atom is 0.340 e. The summed E-state index contributed by atoms with van der Waals surface area (Å²) in [6.07, 6.45) is 0. The molecule has 0 saturated heterocycles. The van der Waals surface area contributed by atoms with Crippen LogP contribution in [0.4, 0.5) is 4.39 Å². The summed E-state index contributed by atoms with van der Waals surface area (Å²) in [5.74, 6) is -3.19. The van der Waals surface area contributed by atoms with E-state index in [1.165, 1.54) is 0 Å². The van der Waals surface area contributed by atoms with Crippen LogP contribution in [0.5, 0.6) is 0 Å². The van der Waals surface area contributed by atoms with E-state index in [0.717, 1.165) is 12.1 Å². The summed E-state index contributed by atoms with van der Waals surface area (Å²) in [5.41, 5.74) is 4.30. The minimum atomic E-state index is -1.01. The number of esters is 1. The van der Waals surface area contributed by atoms with Crippen molar-refractivity contribution < 1.29 is 23.5 Å². The fourth-order valence-corrected chi connectivity index (χ4v) is 2.17. The summed E-state index contributed by atoms with van der Waals surface area (Å²) < 4.78 is 18.1. The van der Waals surface area contributed by atoms with E-state index in [0.29, 0.717) is 5.56 Å². The number of benzene rings is 2. The van der Waals surface area contributed by atoms with E-state index in [2.05, 4.69) is 10.9 Å². The van der Waals surface area contributed by atoms with Gasteiger partial charge >= 0.3 is 5.97 Å². The van der Waals surface area contributed by atoms with E-state index in [1.54, 1.807) is 30.3 Å². The lowest BCUT2D eigenvalue weighted by Gasteiger charge is -2.09. The molecule has 0 fully saturated rings. The fourth-order valence-electron chi connectivity index (χ4n) is 1.71. The van der Waals surface area contributed by atoms with Crippen LogP contribution in [0.3, 0.4) is 0 Å². The number of rotatable bonds is 4. The van der Waals surface area contributed by atoms with E-state index in [1.807, 2.05) is 0 Å². The van der Waals surface area contributed by atoms with E-state index < -0.39 is 30.2 Å². The molecule has 0 aliphatic heterocycles. The van der Waals surface area contributed by atoms with Crippen LogP contribution in [-0.2, 0) is 9.53 Å². The second-order valence-corrected chi connectivity index (χ2v) is 5.51. The number of nitrogens with one attached hydrogen (secondary N) is 2. The average Bonchev–Trinajstić information content (AvgIpc) is 2.61. The van der Waals surface area contributed by atoms with Gasteiger partial charge in [0.25, 0.3) is 11.8 Å². The highest BCUT2D eigenvalue weighted by atomic mass is 35.5. The zero-order chi connectivity index (χ0) is 18.4. The molecule has 130 valence electrons. The lowest BCUT2D eigenvalue weighted by atomic mass is 10.2. The zero-order valence-electron chi connectivity index (χ0n) is 12.5. The van der Waals surface area contributed by atoms with Crippen molar-refractivity contribution in [2.45, 2.75) is 0 Å². The summed E-state index contributed by atoms with van der Waals surface area (Å²) in [5, 5.41) is -0.364. The smallest absolute Gasteiger partial charge is 0.340 e. The topological polar surface area (TPSA) is 84.5 Å². The largest absolute Gasteiger partial charge is 0.452 e. The molecule has 0 aliphatic rings. The maximum atomic E-state index is 13.4. The van der Waals surface area contributed by atoms with Crippen LogP contribution in [0, 0.1) is 5.82 Å². The standard InChI is InChI=1S/C16H11Cl2FN2O4/c17-11-7-12(18)13(19)6-10(11)16(24)25-8-14(22)20-21-15(23)9-4-2-1-3-5-9/h1-7H,8H2,(H,20,22)(H,21,23). The monoisotopic (exact) mass is 384 g/mol. The Bertz CT molecular complexity index is 815. The predicted molar refractivity (Wildman–Crippen MR) is 88.8 cm³/mol. The Kier molecular flexibility index (Phi) is 6.32. The maximum absolute atomic E-state index is 13.4. The number of amides is 2. The second kappa shape index (κ2) is 8.46. The summed E-state index contributed by atoms with van der Waals surface area (Å²) in [7, 11) is 0. The number of hydrogen-bond acceptors (Lipinski definition) is 4. The van der Waals surface area contributed by atoms with Gasteiger partial charge in [-0.1, -0.05) is 41.4 Å². The van der Waals surface area contributed by atoms with Crippen LogP contribution in [0.1, 0.15) is 20.7 Å². The van der Waals surface area contributed by atoms with Crippen LogP contribution in [-0.4, -0.2) is 24.4 Å². The van der Waals surface area contributed by atoms with Gasteiger partial charge in [0.1, 0.15) is 5.82 Å². The van der Waals surface area contributed by atoms with Crippen LogP contribution in [0.25, 0.3) is 0 Å². The van der Waals surface area contributed by atoms with Crippen LogP contribution in [0.15, 0.2) is 42.5 Å².